The van der Waals surface area contributed by atoms with Crippen LogP contribution in [0.3, 0.4) is 0 Å². The van der Waals surface area contributed by atoms with E-state index in [4.69, 9.17) is 0 Å². The molecule has 0 N–H and O–H groups in total. The average Bonchev–Trinajstić information content (AvgIpc) is 2.16. The van der Waals surface area contributed by atoms with Gasteiger partial charge in [-0.2, -0.15) is 0 Å². The quantitative estimate of drug-likeness (QED) is 0.654. The number of nitrogens with zero attached hydrogens (tertiary/aromatic N) is 1. The molecule has 0 saturated heterocycles. The Labute approximate surface area is 103 Å². The Kier molecular flexibility index (Phi) is 8.12. The van der Waals surface area contributed by atoms with Gasteiger partial charge in [0.25, 0.3) is 0 Å². The van der Waals surface area contributed by atoms with E-state index >= 15 is 0 Å². The molecule has 1 amide bonds. The van der Waals surface area contributed by atoms with Crippen LogP contribution >= 0.6 is 15.9 Å². The molecular weight excluding hydrogens is 254 g/mol. The molecule has 0 spiro atoms. The third kappa shape index (κ3) is 7.83. The van der Waals surface area contributed by atoms with Gasteiger partial charge >= 0.3 is 0 Å². The zero-order valence-corrected chi connectivity index (χ0v) is 12.0. The molecule has 0 saturated carbocycles. The van der Waals surface area contributed by atoms with E-state index < -0.39 is 0 Å². The van der Waals surface area contributed by atoms with Crippen molar-refractivity contribution >= 4 is 21.8 Å². The maximum atomic E-state index is 11.6. The van der Waals surface area contributed by atoms with Crippen LogP contribution in [0.1, 0.15) is 40.5 Å². The van der Waals surface area contributed by atoms with Crippen molar-refractivity contribution in [2.75, 3.05) is 18.4 Å². The van der Waals surface area contributed by atoms with Crippen LogP contribution in [-0.2, 0) is 4.79 Å². The highest BCUT2D eigenvalue weighted by Gasteiger charge is 2.12. The number of rotatable bonds is 7. The monoisotopic (exact) mass is 277 g/mol. The molecule has 0 atom stereocenters. The molecule has 0 heterocycles. The predicted octanol–water partition coefficient (Wildman–Crippen LogP) is 3.30. The van der Waals surface area contributed by atoms with Gasteiger partial charge in [-0.1, -0.05) is 43.6 Å². The fourth-order valence-corrected chi connectivity index (χ4v) is 1.63. The Morgan fingerprint density at radius 1 is 1.07 bits per heavy atom. The second-order valence-corrected chi connectivity index (χ2v) is 5.44. The molecule has 0 aromatic heterocycles. The van der Waals surface area contributed by atoms with Crippen molar-refractivity contribution in [2.24, 2.45) is 11.8 Å². The molecule has 0 fully saturated rings. The summed E-state index contributed by atoms with van der Waals surface area (Å²) in [4.78, 5) is 13.6. The predicted molar refractivity (Wildman–Crippen MR) is 69.3 cm³/mol. The van der Waals surface area contributed by atoms with Crippen molar-refractivity contribution in [1.82, 2.24) is 4.90 Å². The van der Waals surface area contributed by atoms with E-state index in [1.165, 1.54) is 0 Å². The summed E-state index contributed by atoms with van der Waals surface area (Å²) in [5.41, 5.74) is 0. The normalized spacial score (nSPS) is 11.1. The third-order valence-corrected chi connectivity index (χ3v) is 2.90. The zero-order valence-electron chi connectivity index (χ0n) is 10.4. The number of carbonyl (C=O) groups is 1. The number of hydrogen-bond acceptors (Lipinski definition) is 1. The lowest BCUT2D eigenvalue weighted by Gasteiger charge is -2.23. The Balaban J connectivity index is 4.01. The van der Waals surface area contributed by atoms with Crippen molar-refractivity contribution in [1.29, 1.82) is 0 Å². The van der Waals surface area contributed by atoms with Crippen LogP contribution in [0.5, 0.6) is 0 Å². The summed E-state index contributed by atoms with van der Waals surface area (Å²) in [5.74, 6) is 1.54. The van der Waals surface area contributed by atoms with Crippen LogP contribution in [0.2, 0.25) is 0 Å². The molecule has 15 heavy (non-hydrogen) atoms. The summed E-state index contributed by atoms with van der Waals surface area (Å²) in [5, 5.41) is 0.448. The van der Waals surface area contributed by atoms with Crippen LogP contribution in [-0.4, -0.2) is 29.2 Å². The first kappa shape index (κ1) is 14.9. The smallest absolute Gasteiger partial charge is 0.233 e. The van der Waals surface area contributed by atoms with Crippen molar-refractivity contribution in [3.05, 3.63) is 0 Å². The van der Waals surface area contributed by atoms with E-state index in [-0.39, 0.29) is 5.91 Å². The second-order valence-electron chi connectivity index (χ2n) is 4.88. The molecule has 0 unspecified atom stereocenters. The first-order valence-corrected chi connectivity index (χ1v) is 6.93. The van der Waals surface area contributed by atoms with E-state index in [1.807, 2.05) is 4.90 Å². The Hall–Kier alpha value is -0.0500. The highest BCUT2D eigenvalue weighted by Crippen LogP contribution is 2.07. The lowest BCUT2D eigenvalue weighted by Crippen LogP contribution is -2.34. The fraction of sp³-hybridized carbons (Fsp3) is 0.917. The van der Waals surface area contributed by atoms with Crippen LogP contribution in [0, 0.1) is 11.8 Å². The van der Waals surface area contributed by atoms with E-state index in [9.17, 15) is 4.79 Å². The summed E-state index contributed by atoms with van der Waals surface area (Å²) in [6, 6.07) is 0. The van der Waals surface area contributed by atoms with Gasteiger partial charge < -0.3 is 4.90 Å². The second kappa shape index (κ2) is 8.14. The lowest BCUT2D eigenvalue weighted by atomic mass is 10.1. The summed E-state index contributed by atoms with van der Waals surface area (Å²) in [7, 11) is 0. The summed E-state index contributed by atoms with van der Waals surface area (Å²) < 4.78 is 0. The molecule has 0 aliphatic carbocycles. The van der Waals surface area contributed by atoms with Crippen LogP contribution in [0.25, 0.3) is 0 Å². The van der Waals surface area contributed by atoms with Gasteiger partial charge in [-0.25, -0.2) is 0 Å². The fourth-order valence-electron chi connectivity index (χ4n) is 1.27. The van der Waals surface area contributed by atoms with Crippen molar-refractivity contribution < 1.29 is 4.79 Å². The van der Waals surface area contributed by atoms with Crippen molar-refractivity contribution in [3.63, 3.8) is 0 Å². The Bertz CT molecular complexity index is 168. The topological polar surface area (TPSA) is 20.3 Å². The first-order valence-electron chi connectivity index (χ1n) is 5.81. The molecule has 2 nitrogen and oxygen atoms in total. The van der Waals surface area contributed by atoms with E-state index in [0.29, 0.717) is 17.2 Å². The number of amides is 1. The van der Waals surface area contributed by atoms with Gasteiger partial charge in [0.1, 0.15) is 0 Å². The van der Waals surface area contributed by atoms with E-state index in [1.54, 1.807) is 0 Å². The average molecular weight is 278 g/mol. The van der Waals surface area contributed by atoms with Crippen LogP contribution in [0.15, 0.2) is 0 Å². The maximum absolute atomic E-state index is 11.6. The van der Waals surface area contributed by atoms with Crippen molar-refractivity contribution in [3.8, 4) is 0 Å². The minimum atomic E-state index is 0.219. The van der Waals surface area contributed by atoms with Crippen LogP contribution in [0.4, 0.5) is 0 Å². The molecule has 0 rings (SSSR count). The Morgan fingerprint density at radius 2 is 1.47 bits per heavy atom. The molecule has 0 radical (unpaired) electrons. The third-order valence-electron chi connectivity index (χ3n) is 2.42. The SMILES string of the molecule is CC(C)CCN(CCC(C)C)C(=O)CBr. The first-order chi connectivity index (χ1) is 6.97. The highest BCUT2D eigenvalue weighted by atomic mass is 79.9. The molecule has 0 bridgehead atoms. The van der Waals surface area contributed by atoms with E-state index in [0.717, 1.165) is 25.9 Å². The molecule has 90 valence electrons. The van der Waals surface area contributed by atoms with Gasteiger partial charge in [0.05, 0.1) is 5.33 Å². The minimum Gasteiger partial charge on any atom is -0.342 e. The number of alkyl halides is 1. The van der Waals surface area contributed by atoms with E-state index in [2.05, 4.69) is 43.6 Å². The molecule has 3 heteroatoms. The minimum absolute atomic E-state index is 0.219. The maximum Gasteiger partial charge on any atom is 0.233 e. The largest absolute Gasteiger partial charge is 0.342 e. The summed E-state index contributed by atoms with van der Waals surface area (Å²) in [6.07, 6.45) is 2.19. The standard InChI is InChI=1S/C12H24BrNO/c1-10(2)5-7-14(12(15)9-13)8-6-11(3)4/h10-11H,5-9H2,1-4H3. The molecule has 0 aliphatic rings. The Morgan fingerprint density at radius 3 is 1.73 bits per heavy atom. The van der Waals surface area contributed by atoms with Gasteiger partial charge in [-0.3, -0.25) is 4.79 Å². The zero-order chi connectivity index (χ0) is 11.8. The van der Waals surface area contributed by atoms with Crippen LogP contribution < -0.4 is 0 Å². The van der Waals surface area contributed by atoms with Gasteiger partial charge in [-0.15, -0.1) is 0 Å². The summed E-state index contributed by atoms with van der Waals surface area (Å²) in [6.45, 7) is 10.6. The lowest BCUT2D eigenvalue weighted by molar-refractivity contribution is -0.128. The molecule has 0 aromatic rings. The van der Waals surface area contributed by atoms with Gasteiger partial charge in [-0.05, 0) is 24.7 Å². The van der Waals surface area contributed by atoms with Gasteiger partial charge in [0, 0.05) is 13.1 Å². The van der Waals surface area contributed by atoms with Gasteiger partial charge in [0.15, 0.2) is 0 Å². The summed E-state index contributed by atoms with van der Waals surface area (Å²) >= 11 is 3.24. The number of halogens is 1. The molecule has 0 aromatic carbocycles. The molecule has 0 aliphatic heterocycles. The molecular formula is C12H24BrNO. The van der Waals surface area contributed by atoms with Crippen molar-refractivity contribution in [2.45, 2.75) is 40.5 Å². The number of carbonyl (C=O) groups excluding carboxylic acids is 1. The van der Waals surface area contributed by atoms with Gasteiger partial charge in [0.2, 0.25) is 5.91 Å². The number of hydrogen-bond donors (Lipinski definition) is 0. The highest BCUT2D eigenvalue weighted by molar-refractivity contribution is 9.09.